The molecular formula is C19H17FP2. The molecule has 2 unspecified atom stereocenters. The highest BCUT2D eigenvalue weighted by Crippen LogP contribution is 2.28. The fourth-order valence-electron chi connectivity index (χ4n) is 2.53. The molecule has 0 aromatic heterocycles. The maximum atomic E-state index is 14.5. The van der Waals surface area contributed by atoms with E-state index in [9.17, 15) is 4.39 Å². The van der Waals surface area contributed by atoms with Gasteiger partial charge in [-0.2, -0.15) is 0 Å². The zero-order valence-electron chi connectivity index (χ0n) is 12.3. The first-order chi connectivity index (χ1) is 10.6. The minimum absolute atomic E-state index is 0.194. The molecule has 0 nitrogen and oxygen atoms in total. The maximum Gasteiger partial charge on any atom is 0.131 e. The number of halogens is 1. The van der Waals surface area contributed by atoms with Gasteiger partial charge in [0.25, 0.3) is 0 Å². The second-order valence-corrected chi connectivity index (χ2v) is 6.50. The molecular weight excluding hydrogens is 309 g/mol. The average Bonchev–Trinajstić information content (AvgIpc) is 2.53. The van der Waals surface area contributed by atoms with E-state index in [-0.39, 0.29) is 5.82 Å². The van der Waals surface area contributed by atoms with Crippen molar-refractivity contribution in [2.75, 3.05) is 0 Å². The quantitative estimate of drug-likeness (QED) is 0.610. The van der Waals surface area contributed by atoms with Crippen molar-refractivity contribution in [2.24, 2.45) is 0 Å². The largest absolute Gasteiger partial charge is 0.206 e. The molecule has 0 heterocycles. The summed E-state index contributed by atoms with van der Waals surface area (Å²) >= 11 is 0. The Morgan fingerprint density at radius 3 is 2.14 bits per heavy atom. The SMILES string of the molecule is Cc1c(P)ccc(-c2ccc(-c3ccccc3)c(F)c2)c1P. The van der Waals surface area contributed by atoms with Crippen molar-refractivity contribution in [3.8, 4) is 22.3 Å². The third-order valence-corrected chi connectivity index (χ3v) is 5.29. The maximum absolute atomic E-state index is 14.5. The van der Waals surface area contributed by atoms with Crippen LogP contribution in [0.2, 0.25) is 0 Å². The van der Waals surface area contributed by atoms with Gasteiger partial charge in [-0.25, -0.2) is 4.39 Å². The monoisotopic (exact) mass is 326 g/mol. The highest BCUT2D eigenvalue weighted by Gasteiger charge is 2.10. The van der Waals surface area contributed by atoms with Crippen LogP contribution in [-0.2, 0) is 0 Å². The van der Waals surface area contributed by atoms with Crippen LogP contribution in [0.5, 0.6) is 0 Å². The van der Waals surface area contributed by atoms with E-state index in [4.69, 9.17) is 0 Å². The van der Waals surface area contributed by atoms with E-state index < -0.39 is 0 Å². The van der Waals surface area contributed by atoms with Gasteiger partial charge in [-0.15, -0.1) is 18.5 Å². The third kappa shape index (κ3) is 2.84. The Balaban J connectivity index is 2.08. The van der Waals surface area contributed by atoms with E-state index in [0.717, 1.165) is 27.3 Å². The van der Waals surface area contributed by atoms with E-state index in [1.54, 1.807) is 6.07 Å². The summed E-state index contributed by atoms with van der Waals surface area (Å²) in [6.45, 7) is 2.07. The lowest BCUT2D eigenvalue weighted by Crippen LogP contribution is -2.11. The van der Waals surface area contributed by atoms with E-state index in [1.165, 1.54) is 5.56 Å². The Kier molecular flexibility index (Phi) is 4.39. The average molecular weight is 326 g/mol. The molecule has 0 bridgehead atoms. The second kappa shape index (κ2) is 6.29. The Morgan fingerprint density at radius 2 is 1.45 bits per heavy atom. The molecule has 0 aliphatic heterocycles. The minimum atomic E-state index is -0.194. The Hall–Kier alpha value is -1.55. The van der Waals surface area contributed by atoms with E-state index in [1.807, 2.05) is 54.6 Å². The predicted molar refractivity (Wildman–Crippen MR) is 101 cm³/mol. The van der Waals surface area contributed by atoms with Gasteiger partial charge < -0.3 is 0 Å². The van der Waals surface area contributed by atoms with Crippen molar-refractivity contribution in [3.63, 3.8) is 0 Å². The van der Waals surface area contributed by atoms with Crippen LogP contribution in [-0.4, -0.2) is 0 Å². The van der Waals surface area contributed by atoms with Gasteiger partial charge in [0, 0.05) is 5.56 Å². The van der Waals surface area contributed by atoms with Gasteiger partial charge in [-0.1, -0.05) is 54.6 Å². The Bertz CT molecular complexity index is 826. The van der Waals surface area contributed by atoms with E-state index >= 15 is 0 Å². The van der Waals surface area contributed by atoms with Crippen LogP contribution in [0.25, 0.3) is 22.3 Å². The highest BCUT2D eigenvalue weighted by atomic mass is 31.0. The predicted octanol–water partition coefficient (Wildman–Crippen LogP) is 4.47. The summed E-state index contributed by atoms with van der Waals surface area (Å²) in [5.74, 6) is -0.194. The first-order valence-electron chi connectivity index (χ1n) is 7.08. The van der Waals surface area contributed by atoms with Gasteiger partial charge in [0.2, 0.25) is 0 Å². The summed E-state index contributed by atoms with van der Waals surface area (Å²) in [6.07, 6.45) is 0. The highest BCUT2D eigenvalue weighted by molar-refractivity contribution is 7.30. The van der Waals surface area contributed by atoms with Gasteiger partial charge >= 0.3 is 0 Å². The summed E-state index contributed by atoms with van der Waals surface area (Å²) in [5, 5.41) is 2.27. The molecule has 0 fully saturated rings. The van der Waals surface area contributed by atoms with Crippen LogP contribution in [0.1, 0.15) is 5.56 Å². The lowest BCUT2D eigenvalue weighted by atomic mass is 9.98. The van der Waals surface area contributed by atoms with E-state index in [0.29, 0.717) is 5.56 Å². The normalized spacial score (nSPS) is 10.7. The zero-order chi connectivity index (χ0) is 15.7. The summed E-state index contributed by atoms with van der Waals surface area (Å²) in [4.78, 5) is 0. The Labute approximate surface area is 135 Å². The molecule has 0 saturated heterocycles. The lowest BCUT2D eigenvalue weighted by molar-refractivity contribution is 0.632. The molecule has 0 radical (unpaired) electrons. The molecule has 0 aliphatic carbocycles. The van der Waals surface area contributed by atoms with Gasteiger partial charge in [0.15, 0.2) is 0 Å². The first-order valence-corrected chi connectivity index (χ1v) is 8.23. The molecule has 0 saturated carbocycles. The molecule has 3 aromatic carbocycles. The third-order valence-electron chi connectivity index (χ3n) is 3.92. The molecule has 3 heteroatoms. The molecule has 0 N–H and O–H groups in total. The van der Waals surface area contributed by atoms with Crippen molar-refractivity contribution in [3.05, 3.63) is 72.0 Å². The van der Waals surface area contributed by atoms with Crippen LogP contribution in [0, 0.1) is 12.7 Å². The molecule has 2 atom stereocenters. The smallest absolute Gasteiger partial charge is 0.131 e. The summed E-state index contributed by atoms with van der Waals surface area (Å²) < 4.78 is 14.5. The summed E-state index contributed by atoms with van der Waals surface area (Å²) in [5.41, 5.74) is 4.67. The van der Waals surface area contributed by atoms with Gasteiger partial charge in [0.1, 0.15) is 5.82 Å². The molecule has 3 rings (SSSR count). The van der Waals surface area contributed by atoms with Crippen molar-refractivity contribution in [1.82, 2.24) is 0 Å². The van der Waals surface area contributed by atoms with Crippen molar-refractivity contribution in [1.29, 1.82) is 0 Å². The fourth-order valence-corrected chi connectivity index (χ4v) is 3.38. The van der Waals surface area contributed by atoms with Crippen molar-refractivity contribution < 1.29 is 4.39 Å². The van der Waals surface area contributed by atoms with Crippen molar-refractivity contribution in [2.45, 2.75) is 6.92 Å². The summed E-state index contributed by atoms with van der Waals surface area (Å²) in [6, 6.07) is 19.2. The van der Waals surface area contributed by atoms with Crippen molar-refractivity contribution >= 4 is 29.1 Å². The first kappa shape index (κ1) is 15.3. The lowest BCUT2D eigenvalue weighted by Gasteiger charge is -2.12. The van der Waals surface area contributed by atoms with Crippen LogP contribution < -0.4 is 10.6 Å². The molecule has 110 valence electrons. The number of rotatable bonds is 2. The van der Waals surface area contributed by atoms with Crippen LogP contribution in [0.4, 0.5) is 4.39 Å². The molecule has 0 amide bonds. The fraction of sp³-hybridized carbons (Fsp3) is 0.0526. The number of hydrogen-bond acceptors (Lipinski definition) is 0. The molecule has 3 aromatic rings. The summed E-state index contributed by atoms with van der Waals surface area (Å²) in [7, 11) is 5.49. The van der Waals surface area contributed by atoms with Crippen LogP contribution in [0.3, 0.4) is 0 Å². The zero-order valence-corrected chi connectivity index (χ0v) is 14.6. The van der Waals surface area contributed by atoms with E-state index in [2.05, 4.69) is 25.4 Å². The van der Waals surface area contributed by atoms with Crippen LogP contribution >= 0.6 is 18.5 Å². The standard InChI is InChI=1S/C19H17FP2/c1-12-18(21)10-9-16(19(12)22)14-7-8-15(17(20)11-14)13-5-3-2-4-6-13/h2-11H,21-22H2,1H3. The van der Waals surface area contributed by atoms with Gasteiger partial charge in [-0.3, -0.25) is 0 Å². The van der Waals surface area contributed by atoms with Crippen LogP contribution in [0.15, 0.2) is 60.7 Å². The van der Waals surface area contributed by atoms with Gasteiger partial charge in [0.05, 0.1) is 0 Å². The van der Waals surface area contributed by atoms with Gasteiger partial charge in [-0.05, 0) is 45.9 Å². The molecule has 0 aliphatic rings. The minimum Gasteiger partial charge on any atom is -0.206 e. The Morgan fingerprint density at radius 1 is 0.773 bits per heavy atom. The topological polar surface area (TPSA) is 0 Å². The second-order valence-electron chi connectivity index (χ2n) is 5.30. The molecule has 22 heavy (non-hydrogen) atoms. The number of benzene rings is 3. The number of hydrogen-bond donors (Lipinski definition) is 0. The molecule has 0 spiro atoms.